The van der Waals surface area contributed by atoms with E-state index in [9.17, 15) is 9.90 Å². The summed E-state index contributed by atoms with van der Waals surface area (Å²) in [6.45, 7) is 5.32. The molecule has 9 heteroatoms. The summed E-state index contributed by atoms with van der Waals surface area (Å²) in [4.78, 5) is 16.8. The van der Waals surface area contributed by atoms with Crippen molar-refractivity contribution in [3.8, 4) is 11.5 Å². The van der Waals surface area contributed by atoms with E-state index in [0.29, 0.717) is 41.9 Å². The number of halogens is 2. The van der Waals surface area contributed by atoms with E-state index >= 15 is 0 Å². The van der Waals surface area contributed by atoms with Gasteiger partial charge in [-0.25, -0.2) is 0 Å². The molecule has 0 aliphatic carbocycles. The molecule has 0 radical (unpaired) electrons. The van der Waals surface area contributed by atoms with Crippen LogP contribution in [-0.2, 0) is 15.3 Å². The standard InChI is InChI=1S/C28H28Cl2N2O5/c1-28(25-11-4-20(29)16-26(25)30)36-18-24(37-28)17-35-23-9-5-21(6-10-23)31-12-14-32(15-13-31)27(34)19-2-7-22(33)8-3-19/h2-11,16,24,33H,12-15,17-18H2,1H3/t24-,28+/m1/s1. The lowest BCUT2D eigenvalue weighted by molar-refractivity contribution is -0.164. The van der Waals surface area contributed by atoms with Gasteiger partial charge in [-0.15, -0.1) is 0 Å². The molecule has 2 saturated heterocycles. The summed E-state index contributed by atoms with van der Waals surface area (Å²) < 4.78 is 18.0. The molecule has 0 bridgehead atoms. The number of rotatable bonds is 6. The highest BCUT2D eigenvalue weighted by atomic mass is 35.5. The Kier molecular flexibility index (Phi) is 7.49. The van der Waals surface area contributed by atoms with E-state index in [2.05, 4.69) is 4.90 Å². The number of amides is 1. The number of hydrogen-bond donors (Lipinski definition) is 1. The number of carbonyl (C=O) groups is 1. The van der Waals surface area contributed by atoms with Crippen molar-refractivity contribution in [1.82, 2.24) is 4.90 Å². The van der Waals surface area contributed by atoms with Crippen LogP contribution in [0.25, 0.3) is 0 Å². The number of ether oxygens (including phenoxy) is 3. The first-order chi connectivity index (χ1) is 17.8. The summed E-state index contributed by atoms with van der Waals surface area (Å²) in [6.07, 6.45) is -0.240. The topological polar surface area (TPSA) is 71.5 Å². The van der Waals surface area contributed by atoms with Crippen LogP contribution in [0.2, 0.25) is 10.0 Å². The highest BCUT2D eigenvalue weighted by Crippen LogP contribution is 2.38. The van der Waals surface area contributed by atoms with E-state index in [-0.39, 0.29) is 17.8 Å². The predicted octanol–water partition coefficient (Wildman–Crippen LogP) is 5.33. The molecule has 37 heavy (non-hydrogen) atoms. The predicted molar refractivity (Wildman–Crippen MR) is 143 cm³/mol. The van der Waals surface area contributed by atoms with Crippen LogP contribution in [0.3, 0.4) is 0 Å². The maximum atomic E-state index is 12.7. The Balaban J connectivity index is 1.11. The van der Waals surface area contributed by atoms with Crippen molar-refractivity contribution in [2.45, 2.75) is 18.8 Å². The molecule has 2 heterocycles. The van der Waals surface area contributed by atoms with Gasteiger partial charge in [0.1, 0.15) is 24.2 Å². The van der Waals surface area contributed by atoms with Gasteiger partial charge in [-0.3, -0.25) is 4.79 Å². The lowest BCUT2D eigenvalue weighted by Gasteiger charge is -2.36. The molecule has 3 aromatic rings. The lowest BCUT2D eigenvalue weighted by Crippen LogP contribution is -2.48. The molecule has 0 unspecified atom stereocenters. The van der Waals surface area contributed by atoms with Crippen molar-refractivity contribution in [2.75, 3.05) is 44.3 Å². The Labute approximate surface area is 226 Å². The van der Waals surface area contributed by atoms with Crippen molar-refractivity contribution < 1.29 is 24.1 Å². The normalized spacial score (nSPS) is 21.8. The molecule has 0 spiro atoms. The number of anilines is 1. The van der Waals surface area contributed by atoms with E-state index in [1.165, 1.54) is 12.1 Å². The number of carbonyl (C=O) groups excluding carboxylic acids is 1. The zero-order valence-electron chi connectivity index (χ0n) is 20.4. The van der Waals surface area contributed by atoms with Crippen molar-refractivity contribution in [1.29, 1.82) is 0 Å². The summed E-state index contributed by atoms with van der Waals surface area (Å²) in [5.74, 6) is -0.0764. The first-order valence-corrected chi connectivity index (χ1v) is 12.9. The Hall–Kier alpha value is -2.97. The van der Waals surface area contributed by atoms with Crippen LogP contribution in [0, 0.1) is 0 Å². The molecule has 3 aromatic carbocycles. The van der Waals surface area contributed by atoms with Gasteiger partial charge in [-0.1, -0.05) is 29.3 Å². The van der Waals surface area contributed by atoms with Gasteiger partial charge in [0, 0.05) is 48.0 Å². The monoisotopic (exact) mass is 542 g/mol. The second-order valence-electron chi connectivity index (χ2n) is 9.25. The van der Waals surface area contributed by atoms with Crippen molar-refractivity contribution in [3.63, 3.8) is 0 Å². The van der Waals surface area contributed by atoms with Crippen LogP contribution < -0.4 is 9.64 Å². The fraction of sp³-hybridized carbons (Fsp3) is 0.321. The molecule has 2 fully saturated rings. The third kappa shape index (κ3) is 5.80. The number of benzene rings is 3. The smallest absolute Gasteiger partial charge is 0.253 e. The maximum Gasteiger partial charge on any atom is 0.253 e. The van der Waals surface area contributed by atoms with E-state index < -0.39 is 5.79 Å². The molecule has 1 amide bonds. The summed E-state index contributed by atoms with van der Waals surface area (Å²) in [7, 11) is 0. The van der Waals surface area contributed by atoms with Crippen LogP contribution in [0.1, 0.15) is 22.8 Å². The van der Waals surface area contributed by atoms with Gasteiger partial charge in [0.2, 0.25) is 0 Å². The molecule has 0 saturated carbocycles. The summed E-state index contributed by atoms with van der Waals surface area (Å²) >= 11 is 12.4. The quantitative estimate of drug-likeness (QED) is 0.454. The molecule has 2 atom stereocenters. The Morgan fingerprint density at radius 2 is 1.73 bits per heavy atom. The van der Waals surface area contributed by atoms with Gasteiger partial charge >= 0.3 is 0 Å². The third-order valence-corrected chi connectivity index (χ3v) is 7.22. The number of nitrogens with zero attached hydrogens (tertiary/aromatic N) is 2. The molecule has 5 rings (SSSR count). The molecule has 7 nitrogen and oxygen atoms in total. The van der Waals surface area contributed by atoms with Crippen molar-refractivity contribution >= 4 is 34.8 Å². The Morgan fingerprint density at radius 3 is 2.41 bits per heavy atom. The summed E-state index contributed by atoms with van der Waals surface area (Å²) in [5.41, 5.74) is 2.39. The van der Waals surface area contributed by atoms with Crippen LogP contribution in [0.5, 0.6) is 11.5 Å². The molecule has 1 N–H and O–H groups in total. The van der Waals surface area contributed by atoms with Crippen LogP contribution in [0.4, 0.5) is 5.69 Å². The van der Waals surface area contributed by atoms with E-state index in [4.69, 9.17) is 37.4 Å². The van der Waals surface area contributed by atoms with Gasteiger partial charge in [0.15, 0.2) is 5.79 Å². The number of hydrogen-bond acceptors (Lipinski definition) is 6. The molecule has 2 aliphatic heterocycles. The Bertz CT molecular complexity index is 1250. The number of phenolic OH excluding ortho intramolecular Hbond substituents is 1. The minimum atomic E-state index is -0.953. The highest BCUT2D eigenvalue weighted by molar-refractivity contribution is 6.35. The van der Waals surface area contributed by atoms with E-state index in [1.54, 1.807) is 24.3 Å². The lowest BCUT2D eigenvalue weighted by atomic mass is 10.1. The second kappa shape index (κ2) is 10.8. The van der Waals surface area contributed by atoms with Gasteiger partial charge in [0.05, 0.1) is 11.6 Å². The molecule has 194 valence electrons. The molecule has 0 aromatic heterocycles. The summed E-state index contributed by atoms with van der Waals surface area (Å²) in [6, 6.07) is 19.6. The van der Waals surface area contributed by atoms with Crippen molar-refractivity contribution in [2.24, 2.45) is 0 Å². The third-order valence-electron chi connectivity index (χ3n) is 6.68. The average molecular weight is 543 g/mol. The average Bonchev–Trinajstić information content (AvgIpc) is 3.29. The fourth-order valence-corrected chi connectivity index (χ4v) is 5.20. The zero-order valence-corrected chi connectivity index (χ0v) is 21.9. The first-order valence-electron chi connectivity index (χ1n) is 12.1. The summed E-state index contributed by atoms with van der Waals surface area (Å²) in [5, 5.41) is 10.5. The van der Waals surface area contributed by atoms with Gasteiger partial charge in [-0.05, 0) is 67.6 Å². The Morgan fingerprint density at radius 1 is 1.03 bits per heavy atom. The van der Waals surface area contributed by atoms with E-state index in [0.717, 1.165) is 30.1 Å². The first kappa shape index (κ1) is 25.7. The number of phenols is 1. The van der Waals surface area contributed by atoms with Gasteiger partial charge in [-0.2, -0.15) is 0 Å². The minimum Gasteiger partial charge on any atom is -0.508 e. The van der Waals surface area contributed by atoms with Crippen LogP contribution in [-0.4, -0.2) is 61.4 Å². The number of aromatic hydroxyl groups is 1. The molecule has 2 aliphatic rings. The second-order valence-corrected chi connectivity index (χ2v) is 10.1. The number of piperazine rings is 1. The maximum absolute atomic E-state index is 12.7. The molecular weight excluding hydrogens is 515 g/mol. The van der Waals surface area contributed by atoms with Gasteiger partial charge < -0.3 is 29.1 Å². The van der Waals surface area contributed by atoms with Crippen molar-refractivity contribution in [3.05, 3.63) is 87.9 Å². The zero-order chi connectivity index (χ0) is 26.0. The van der Waals surface area contributed by atoms with Crippen LogP contribution in [0.15, 0.2) is 66.7 Å². The SMILES string of the molecule is C[C@]1(c2ccc(Cl)cc2Cl)OC[C@@H](COc2ccc(N3CCN(C(=O)c4ccc(O)cc4)CC3)cc2)O1. The highest BCUT2D eigenvalue weighted by Gasteiger charge is 2.40. The van der Waals surface area contributed by atoms with E-state index in [1.807, 2.05) is 42.2 Å². The van der Waals surface area contributed by atoms with Crippen LogP contribution >= 0.6 is 23.2 Å². The largest absolute Gasteiger partial charge is 0.508 e. The minimum absolute atomic E-state index is 0.0176. The fourth-order valence-electron chi connectivity index (χ4n) is 4.62. The van der Waals surface area contributed by atoms with Gasteiger partial charge in [0.25, 0.3) is 5.91 Å². The molecular formula is C28H28Cl2N2O5.